The van der Waals surface area contributed by atoms with Crippen LogP contribution in [0, 0.1) is 5.92 Å². The first-order valence-electron chi connectivity index (χ1n) is 11.3. The maximum atomic E-state index is 13.4. The molecule has 3 aliphatic rings. The molecule has 8 heteroatoms. The highest BCUT2D eigenvalue weighted by molar-refractivity contribution is 6.38. The van der Waals surface area contributed by atoms with Crippen LogP contribution in [0.15, 0.2) is 35.4 Å². The number of hydrogen-bond donors (Lipinski definition) is 0. The van der Waals surface area contributed by atoms with Crippen LogP contribution < -0.4 is 5.01 Å². The third kappa shape index (κ3) is 5.25. The number of morpholine rings is 1. The van der Waals surface area contributed by atoms with Crippen LogP contribution in [0.5, 0.6) is 0 Å². The second-order valence-corrected chi connectivity index (χ2v) is 8.35. The smallest absolute Gasteiger partial charge is 0.354 e. The molecule has 0 aliphatic carbocycles. The fourth-order valence-corrected chi connectivity index (χ4v) is 4.55. The van der Waals surface area contributed by atoms with Gasteiger partial charge in [0.05, 0.1) is 25.5 Å². The molecule has 0 bridgehead atoms. The van der Waals surface area contributed by atoms with E-state index >= 15 is 0 Å². The molecule has 0 N–H and O–H groups in total. The largest absolute Gasteiger partial charge is 0.461 e. The molecule has 1 amide bonds. The lowest BCUT2D eigenvalue weighted by atomic mass is 9.95. The van der Waals surface area contributed by atoms with Crippen LogP contribution >= 0.6 is 0 Å². The van der Waals surface area contributed by atoms with E-state index in [1.165, 1.54) is 0 Å². The molecule has 1 aromatic rings. The number of amides is 1. The van der Waals surface area contributed by atoms with Crippen molar-refractivity contribution >= 4 is 23.3 Å². The van der Waals surface area contributed by atoms with Crippen molar-refractivity contribution in [2.24, 2.45) is 11.0 Å². The minimum absolute atomic E-state index is 0.0386. The van der Waals surface area contributed by atoms with Crippen LogP contribution in [-0.2, 0) is 19.1 Å². The highest BCUT2D eigenvalue weighted by Gasteiger charge is 2.39. The van der Waals surface area contributed by atoms with E-state index < -0.39 is 12.0 Å². The first-order chi connectivity index (χ1) is 15.2. The first kappa shape index (κ1) is 21.8. The molecule has 4 rings (SSSR count). The highest BCUT2D eigenvalue weighted by atomic mass is 16.5. The normalized spacial score (nSPS) is 23.0. The molecule has 0 radical (unpaired) electrons. The number of anilines is 1. The minimum Gasteiger partial charge on any atom is -0.461 e. The van der Waals surface area contributed by atoms with Gasteiger partial charge in [-0.05, 0) is 37.8 Å². The average molecular weight is 429 g/mol. The summed E-state index contributed by atoms with van der Waals surface area (Å²) in [6.45, 7) is 8.28. The lowest BCUT2D eigenvalue weighted by Gasteiger charge is -2.37. The Kier molecular flexibility index (Phi) is 7.19. The number of ether oxygens (including phenoxy) is 2. The van der Waals surface area contributed by atoms with Gasteiger partial charge >= 0.3 is 5.97 Å². The summed E-state index contributed by atoms with van der Waals surface area (Å²) in [5, 5.41) is 6.16. The van der Waals surface area contributed by atoms with E-state index in [-0.39, 0.29) is 12.3 Å². The van der Waals surface area contributed by atoms with Crippen LogP contribution in [0.25, 0.3) is 0 Å². The Balaban J connectivity index is 1.39. The van der Waals surface area contributed by atoms with Gasteiger partial charge in [0.15, 0.2) is 0 Å². The number of esters is 1. The van der Waals surface area contributed by atoms with Crippen LogP contribution in [-0.4, -0.2) is 86.0 Å². The Morgan fingerprint density at radius 1 is 1.10 bits per heavy atom. The predicted octanol–water partition coefficient (Wildman–Crippen LogP) is 1.76. The van der Waals surface area contributed by atoms with Crippen molar-refractivity contribution in [3.05, 3.63) is 30.3 Å². The van der Waals surface area contributed by atoms with Gasteiger partial charge in [-0.25, -0.2) is 4.79 Å². The summed E-state index contributed by atoms with van der Waals surface area (Å²) in [6.07, 6.45) is 2.29. The molecule has 168 valence electrons. The Bertz CT molecular complexity index is 786. The van der Waals surface area contributed by atoms with E-state index in [9.17, 15) is 9.59 Å². The third-order valence-electron chi connectivity index (χ3n) is 6.27. The van der Waals surface area contributed by atoms with Gasteiger partial charge in [-0.3, -0.25) is 14.7 Å². The van der Waals surface area contributed by atoms with Crippen molar-refractivity contribution in [3.63, 3.8) is 0 Å². The van der Waals surface area contributed by atoms with Gasteiger partial charge in [-0.2, -0.15) is 5.10 Å². The number of carbonyl (C=O) groups is 2. The fourth-order valence-electron chi connectivity index (χ4n) is 4.55. The number of nitrogens with zero attached hydrogens (tertiary/aromatic N) is 4. The van der Waals surface area contributed by atoms with Crippen molar-refractivity contribution in [2.75, 3.05) is 57.6 Å². The molecular formula is C23H32N4O4. The second-order valence-electron chi connectivity index (χ2n) is 8.35. The van der Waals surface area contributed by atoms with E-state index in [1.54, 1.807) is 11.9 Å². The lowest BCUT2D eigenvalue weighted by Crippen LogP contribution is -2.49. The zero-order valence-electron chi connectivity index (χ0n) is 18.2. The van der Waals surface area contributed by atoms with Gasteiger partial charge in [0.25, 0.3) is 0 Å². The molecule has 31 heavy (non-hydrogen) atoms. The number of benzene rings is 1. The lowest BCUT2D eigenvalue weighted by molar-refractivity contribution is -0.135. The summed E-state index contributed by atoms with van der Waals surface area (Å²) in [5.74, 6) is 0.210. The third-order valence-corrected chi connectivity index (χ3v) is 6.27. The predicted molar refractivity (Wildman–Crippen MR) is 118 cm³/mol. The van der Waals surface area contributed by atoms with Crippen LogP contribution in [0.3, 0.4) is 0 Å². The van der Waals surface area contributed by atoms with Gasteiger partial charge < -0.3 is 14.4 Å². The van der Waals surface area contributed by atoms with Gasteiger partial charge in [0, 0.05) is 39.1 Å². The van der Waals surface area contributed by atoms with Crippen molar-refractivity contribution < 1.29 is 19.1 Å². The molecule has 3 heterocycles. The Labute approximate surface area is 183 Å². The Morgan fingerprint density at radius 2 is 1.81 bits per heavy atom. The molecule has 1 aromatic carbocycles. The van der Waals surface area contributed by atoms with Crippen LogP contribution in [0.2, 0.25) is 0 Å². The monoisotopic (exact) mass is 428 g/mol. The zero-order valence-corrected chi connectivity index (χ0v) is 18.2. The number of hydrazone groups is 1. The van der Waals surface area contributed by atoms with Gasteiger partial charge in [0.1, 0.15) is 11.8 Å². The molecule has 0 aromatic heterocycles. The molecule has 1 atom stereocenters. The van der Waals surface area contributed by atoms with E-state index in [0.717, 1.165) is 64.5 Å². The van der Waals surface area contributed by atoms with E-state index in [2.05, 4.69) is 10.0 Å². The molecule has 8 nitrogen and oxygen atoms in total. The van der Waals surface area contributed by atoms with Crippen molar-refractivity contribution in [3.8, 4) is 0 Å². The minimum atomic E-state index is -0.502. The van der Waals surface area contributed by atoms with Crippen LogP contribution in [0.4, 0.5) is 5.69 Å². The maximum absolute atomic E-state index is 13.4. The molecule has 0 spiro atoms. The number of likely N-dealkylation sites (tertiary alicyclic amines) is 1. The molecule has 1 unspecified atom stereocenters. The molecule has 2 saturated heterocycles. The summed E-state index contributed by atoms with van der Waals surface area (Å²) in [7, 11) is 0. The summed E-state index contributed by atoms with van der Waals surface area (Å²) < 4.78 is 10.6. The van der Waals surface area contributed by atoms with Crippen molar-refractivity contribution in [1.29, 1.82) is 0 Å². The summed E-state index contributed by atoms with van der Waals surface area (Å²) in [6, 6.07) is 9.06. The number of piperidine rings is 1. The molecular weight excluding hydrogens is 396 g/mol. The molecule has 2 fully saturated rings. The van der Waals surface area contributed by atoms with E-state index in [4.69, 9.17) is 9.47 Å². The SMILES string of the molecule is CCOC(=O)C1=NN(c2ccccc2)C(C(=O)N2CCC(CN3CCOCC3)CC2)C1. The van der Waals surface area contributed by atoms with Gasteiger partial charge in [-0.1, -0.05) is 18.2 Å². The molecule has 0 saturated carbocycles. The quantitative estimate of drug-likeness (QED) is 0.643. The highest BCUT2D eigenvalue weighted by Crippen LogP contribution is 2.28. The van der Waals surface area contributed by atoms with Crippen molar-refractivity contribution in [1.82, 2.24) is 9.80 Å². The van der Waals surface area contributed by atoms with Crippen LogP contribution in [0.1, 0.15) is 26.2 Å². The topological polar surface area (TPSA) is 74.7 Å². The standard InChI is InChI=1S/C23H32N4O4/c1-2-31-23(29)20-16-21(27(24-20)19-6-4-3-5-7-19)22(28)26-10-8-18(9-11-26)17-25-12-14-30-15-13-25/h3-7,18,21H,2,8-17H2,1H3. The summed E-state index contributed by atoms with van der Waals surface area (Å²) >= 11 is 0. The van der Waals surface area contributed by atoms with Crippen molar-refractivity contribution in [2.45, 2.75) is 32.2 Å². The number of carbonyl (C=O) groups excluding carboxylic acids is 2. The number of rotatable bonds is 6. The second kappa shape index (κ2) is 10.2. The summed E-state index contributed by atoms with van der Waals surface area (Å²) in [4.78, 5) is 30.1. The Morgan fingerprint density at radius 3 is 2.48 bits per heavy atom. The summed E-state index contributed by atoms with van der Waals surface area (Å²) in [5.41, 5.74) is 1.12. The zero-order chi connectivity index (χ0) is 21.6. The maximum Gasteiger partial charge on any atom is 0.354 e. The van der Waals surface area contributed by atoms with E-state index in [1.807, 2.05) is 35.2 Å². The van der Waals surface area contributed by atoms with E-state index in [0.29, 0.717) is 18.2 Å². The van der Waals surface area contributed by atoms with Gasteiger partial charge in [-0.15, -0.1) is 0 Å². The van der Waals surface area contributed by atoms with Gasteiger partial charge in [0.2, 0.25) is 5.91 Å². The Hall–Kier alpha value is -2.45. The number of hydrogen-bond acceptors (Lipinski definition) is 7. The fraction of sp³-hybridized carbons (Fsp3) is 0.609. The average Bonchev–Trinajstić information content (AvgIpc) is 3.26. The first-order valence-corrected chi connectivity index (χ1v) is 11.3. The number of para-hydroxylation sites is 1. The molecule has 3 aliphatic heterocycles.